The van der Waals surface area contributed by atoms with Crippen molar-refractivity contribution in [3.05, 3.63) is 32.7 Å². The number of rotatable bonds is 17. The van der Waals surface area contributed by atoms with Gasteiger partial charge >= 0.3 is 0 Å². The standard InChI is InChI=1S/C21H30Cl4O5/c1-3-27-20(28-4-2)9-12-26-10-6-5-7-11-30-21-17(22)14-16(15-18(21)23)29-13-8-19(24)25/h8,14-15,20H,3-7,9-13H2,1-2H3. The van der Waals surface area contributed by atoms with Crippen molar-refractivity contribution in [2.75, 3.05) is 39.6 Å². The maximum atomic E-state index is 6.25. The van der Waals surface area contributed by atoms with Crippen molar-refractivity contribution in [1.29, 1.82) is 0 Å². The van der Waals surface area contributed by atoms with E-state index in [2.05, 4.69) is 0 Å². The van der Waals surface area contributed by atoms with Crippen LogP contribution in [0, 0.1) is 0 Å². The fourth-order valence-electron chi connectivity index (χ4n) is 2.48. The second-order valence-electron chi connectivity index (χ2n) is 6.17. The van der Waals surface area contributed by atoms with E-state index >= 15 is 0 Å². The Bertz CT molecular complexity index is 594. The molecule has 0 aliphatic carbocycles. The molecular formula is C21H30Cl4O5. The highest BCUT2D eigenvalue weighted by Gasteiger charge is 2.11. The molecule has 0 unspecified atom stereocenters. The van der Waals surface area contributed by atoms with Gasteiger partial charge < -0.3 is 23.7 Å². The lowest BCUT2D eigenvalue weighted by Crippen LogP contribution is -2.19. The maximum absolute atomic E-state index is 6.25. The lowest BCUT2D eigenvalue weighted by Gasteiger charge is -2.16. The summed E-state index contributed by atoms with van der Waals surface area (Å²) in [5, 5.41) is 0.778. The van der Waals surface area contributed by atoms with Crippen molar-refractivity contribution in [2.24, 2.45) is 0 Å². The van der Waals surface area contributed by atoms with E-state index in [1.165, 1.54) is 6.08 Å². The van der Waals surface area contributed by atoms with Gasteiger partial charge in [-0.3, -0.25) is 0 Å². The molecule has 0 atom stereocenters. The third-order valence-corrected chi connectivity index (χ3v) is 4.71. The predicted molar refractivity (Wildman–Crippen MR) is 124 cm³/mol. The van der Waals surface area contributed by atoms with Crippen LogP contribution in [0.1, 0.15) is 39.5 Å². The van der Waals surface area contributed by atoms with E-state index < -0.39 is 0 Å². The van der Waals surface area contributed by atoms with E-state index in [1.807, 2.05) is 13.8 Å². The number of ether oxygens (including phenoxy) is 5. The van der Waals surface area contributed by atoms with Gasteiger partial charge in [-0.25, -0.2) is 0 Å². The molecule has 1 rings (SSSR count). The molecule has 1 aromatic carbocycles. The van der Waals surface area contributed by atoms with Crippen molar-refractivity contribution in [3.8, 4) is 11.5 Å². The van der Waals surface area contributed by atoms with Crippen LogP contribution in [0.3, 0.4) is 0 Å². The SMILES string of the molecule is CCOC(CCOCCCCCOc1c(Cl)cc(OCC=C(Cl)Cl)cc1Cl)OCC. The molecule has 0 aliphatic heterocycles. The van der Waals surface area contributed by atoms with Crippen LogP contribution in [-0.4, -0.2) is 45.9 Å². The van der Waals surface area contributed by atoms with Crippen molar-refractivity contribution >= 4 is 46.4 Å². The topological polar surface area (TPSA) is 46.2 Å². The van der Waals surface area contributed by atoms with Crippen LogP contribution in [0.5, 0.6) is 11.5 Å². The van der Waals surface area contributed by atoms with Gasteiger partial charge in [0.15, 0.2) is 12.0 Å². The third-order valence-electron chi connectivity index (χ3n) is 3.84. The first-order valence-electron chi connectivity index (χ1n) is 10.0. The van der Waals surface area contributed by atoms with Crippen LogP contribution in [0.15, 0.2) is 22.7 Å². The van der Waals surface area contributed by atoms with Gasteiger partial charge in [-0.1, -0.05) is 46.4 Å². The highest BCUT2D eigenvalue weighted by molar-refractivity contribution is 6.55. The molecule has 0 saturated carbocycles. The molecule has 0 spiro atoms. The van der Waals surface area contributed by atoms with E-state index in [-0.39, 0.29) is 17.4 Å². The predicted octanol–water partition coefficient (Wildman–Crippen LogP) is 7.05. The molecule has 5 nitrogen and oxygen atoms in total. The molecule has 30 heavy (non-hydrogen) atoms. The fourth-order valence-corrected chi connectivity index (χ4v) is 3.19. The highest BCUT2D eigenvalue weighted by Crippen LogP contribution is 2.37. The van der Waals surface area contributed by atoms with E-state index in [1.54, 1.807) is 12.1 Å². The Balaban J connectivity index is 2.20. The molecule has 0 aliphatic rings. The van der Waals surface area contributed by atoms with Gasteiger partial charge in [-0.05, 0) is 39.2 Å². The van der Waals surface area contributed by atoms with Crippen LogP contribution in [-0.2, 0) is 14.2 Å². The monoisotopic (exact) mass is 502 g/mol. The lowest BCUT2D eigenvalue weighted by atomic mass is 10.2. The number of hydrogen-bond donors (Lipinski definition) is 0. The molecule has 0 heterocycles. The summed E-state index contributed by atoms with van der Waals surface area (Å²) in [5.41, 5.74) is 0. The zero-order valence-corrected chi connectivity index (χ0v) is 20.5. The van der Waals surface area contributed by atoms with E-state index in [9.17, 15) is 0 Å². The summed E-state index contributed by atoms with van der Waals surface area (Å²) < 4.78 is 27.9. The summed E-state index contributed by atoms with van der Waals surface area (Å²) in [6.45, 7) is 7.22. The summed E-state index contributed by atoms with van der Waals surface area (Å²) in [6.07, 6.45) is 4.86. The third kappa shape index (κ3) is 12.5. The fraction of sp³-hybridized carbons (Fsp3) is 0.619. The number of halogens is 4. The van der Waals surface area contributed by atoms with Gasteiger partial charge in [0.2, 0.25) is 0 Å². The molecule has 9 heteroatoms. The van der Waals surface area contributed by atoms with E-state index in [4.69, 9.17) is 70.1 Å². The van der Waals surface area contributed by atoms with Crippen molar-refractivity contribution in [1.82, 2.24) is 0 Å². The molecule has 1 aromatic rings. The van der Waals surface area contributed by atoms with Crippen LogP contribution in [0.4, 0.5) is 0 Å². The van der Waals surface area contributed by atoms with Crippen LogP contribution in [0.25, 0.3) is 0 Å². The Hall–Kier alpha value is -0.400. The lowest BCUT2D eigenvalue weighted by molar-refractivity contribution is -0.146. The molecule has 0 N–H and O–H groups in total. The number of benzene rings is 1. The second-order valence-corrected chi connectivity index (χ2v) is 7.99. The normalized spacial score (nSPS) is 11.0. The van der Waals surface area contributed by atoms with Crippen LogP contribution < -0.4 is 9.47 Å². The van der Waals surface area contributed by atoms with Gasteiger partial charge in [-0.2, -0.15) is 0 Å². The molecule has 172 valence electrons. The van der Waals surface area contributed by atoms with E-state index in [0.717, 1.165) is 25.7 Å². The molecule has 0 saturated heterocycles. The summed E-state index contributed by atoms with van der Waals surface area (Å²) in [6, 6.07) is 3.29. The molecule has 0 aromatic heterocycles. The van der Waals surface area contributed by atoms with Gasteiger partial charge in [0, 0.05) is 38.4 Å². The zero-order chi connectivity index (χ0) is 22.2. The average Bonchev–Trinajstić information content (AvgIpc) is 2.68. The first-order chi connectivity index (χ1) is 14.5. The van der Waals surface area contributed by atoms with Crippen LogP contribution in [0.2, 0.25) is 10.0 Å². The largest absolute Gasteiger partial charge is 0.490 e. The van der Waals surface area contributed by atoms with Gasteiger partial charge in [0.1, 0.15) is 16.8 Å². The van der Waals surface area contributed by atoms with Crippen LogP contribution >= 0.6 is 46.4 Å². The number of hydrogen-bond acceptors (Lipinski definition) is 5. The smallest absolute Gasteiger partial charge is 0.159 e. The quantitative estimate of drug-likeness (QED) is 0.168. The maximum Gasteiger partial charge on any atom is 0.159 e. The summed E-state index contributed by atoms with van der Waals surface area (Å²) in [4.78, 5) is 0. The summed E-state index contributed by atoms with van der Waals surface area (Å²) in [5.74, 6) is 0.960. The average molecular weight is 504 g/mol. The van der Waals surface area contributed by atoms with E-state index in [0.29, 0.717) is 54.6 Å². The van der Waals surface area contributed by atoms with Gasteiger partial charge in [0.05, 0.1) is 23.3 Å². The first-order valence-corrected chi connectivity index (χ1v) is 11.6. The van der Waals surface area contributed by atoms with Crippen molar-refractivity contribution in [2.45, 2.75) is 45.8 Å². The zero-order valence-electron chi connectivity index (χ0n) is 17.4. The van der Waals surface area contributed by atoms with Crippen molar-refractivity contribution in [3.63, 3.8) is 0 Å². The second kappa shape index (κ2) is 17.2. The molecule has 0 radical (unpaired) electrons. The molecule has 0 fully saturated rings. The minimum Gasteiger partial charge on any atom is -0.490 e. The molecule has 0 bridgehead atoms. The van der Waals surface area contributed by atoms with Crippen molar-refractivity contribution < 1.29 is 23.7 Å². The summed E-state index contributed by atoms with van der Waals surface area (Å²) in [7, 11) is 0. The van der Waals surface area contributed by atoms with Gasteiger partial charge in [-0.15, -0.1) is 0 Å². The Morgan fingerprint density at radius 1 is 0.900 bits per heavy atom. The minimum atomic E-state index is -0.186. The Kier molecular flexibility index (Phi) is 15.8. The number of unbranched alkanes of at least 4 members (excludes halogenated alkanes) is 2. The minimum absolute atomic E-state index is 0.137. The highest BCUT2D eigenvalue weighted by atomic mass is 35.5. The Morgan fingerprint density at radius 3 is 2.13 bits per heavy atom. The Morgan fingerprint density at radius 2 is 1.53 bits per heavy atom. The summed E-state index contributed by atoms with van der Waals surface area (Å²) >= 11 is 23.6. The molecular weight excluding hydrogens is 474 g/mol. The van der Waals surface area contributed by atoms with Gasteiger partial charge in [0.25, 0.3) is 0 Å². The Labute approximate surface area is 199 Å². The first kappa shape index (κ1) is 27.6. The molecule has 0 amide bonds.